The summed E-state index contributed by atoms with van der Waals surface area (Å²) in [5.74, 6) is -0.845. The highest BCUT2D eigenvalue weighted by molar-refractivity contribution is 6.29. The standard InChI is InChI=1S/C21H20ClF3N4O2/c1-2-18-26-10-15-16(28-18)8-14-3-4-17(15)29(14)20(31)11-5-12(21(23,24)25)7-13(6-11)27-19(30)9-22/h5-7,10,14,17H,2-4,8-9H2,1H3,(H,27,30). The molecule has 1 aromatic carbocycles. The number of aryl methyl sites for hydroxylation is 1. The number of carbonyl (C=O) groups is 2. The van der Waals surface area contributed by atoms with Gasteiger partial charge in [-0.15, -0.1) is 11.6 Å². The number of halogens is 4. The SMILES string of the molecule is CCc1ncc2c(n1)CC1CCC2N1C(=O)c1cc(NC(=O)CCl)cc(C(F)(F)F)c1. The van der Waals surface area contributed by atoms with E-state index in [4.69, 9.17) is 11.6 Å². The third-order valence-electron chi connectivity index (χ3n) is 5.70. The molecule has 164 valence electrons. The van der Waals surface area contributed by atoms with Gasteiger partial charge in [0.05, 0.1) is 17.3 Å². The summed E-state index contributed by atoms with van der Waals surface area (Å²) in [6, 6.07) is 2.46. The van der Waals surface area contributed by atoms with Crippen molar-refractivity contribution in [2.75, 3.05) is 11.2 Å². The Morgan fingerprint density at radius 2 is 2.03 bits per heavy atom. The van der Waals surface area contributed by atoms with Gasteiger partial charge in [0.25, 0.3) is 5.91 Å². The minimum Gasteiger partial charge on any atom is -0.328 e. The lowest BCUT2D eigenvalue weighted by Gasteiger charge is -2.36. The van der Waals surface area contributed by atoms with Gasteiger partial charge in [0.15, 0.2) is 0 Å². The van der Waals surface area contributed by atoms with E-state index in [-0.39, 0.29) is 23.3 Å². The Labute approximate surface area is 181 Å². The summed E-state index contributed by atoms with van der Waals surface area (Å²) in [5, 5.41) is 2.31. The topological polar surface area (TPSA) is 75.2 Å². The van der Waals surface area contributed by atoms with Gasteiger partial charge < -0.3 is 10.2 Å². The zero-order valence-corrected chi connectivity index (χ0v) is 17.4. The first kappa shape index (κ1) is 21.5. The number of anilines is 1. The third-order valence-corrected chi connectivity index (χ3v) is 5.95. The maximum Gasteiger partial charge on any atom is 0.416 e. The molecule has 6 nitrogen and oxygen atoms in total. The second-order valence-corrected chi connectivity index (χ2v) is 7.95. The number of rotatable bonds is 4. The summed E-state index contributed by atoms with van der Waals surface area (Å²) in [5.41, 5.74) is 0.490. The lowest BCUT2D eigenvalue weighted by molar-refractivity contribution is -0.137. The smallest absolute Gasteiger partial charge is 0.328 e. The van der Waals surface area contributed by atoms with Gasteiger partial charge in [-0.05, 0) is 31.0 Å². The Morgan fingerprint density at radius 3 is 2.71 bits per heavy atom. The minimum atomic E-state index is -4.67. The quantitative estimate of drug-likeness (QED) is 0.707. The van der Waals surface area contributed by atoms with Crippen LogP contribution in [-0.2, 0) is 23.8 Å². The van der Waals surface area contributed by atoms with Gasteiger partial charge in [-0.2, -0.15) is 13.2 Å². The summed E-state index contributed by atoms with van der Waals surface area (Å²) in [6.07, 6.45) is -0.259. The predicted octanol–water partition coefficient (Wildman–Crippen LogP) is 4.14. The molecule has 2 aliphatic rings. The van der Waals surface area contributed by atoms with Crippen LogP contribution >= 0.6 is 11.6 Å². The van der Waals surface area contributed by atoms with E-state index in [9.17, 15) is 22.8 Å². The van der Waals surface area contributed by atoms with Crippen LogP contribution in [0.3, 0.4) is 0 Å². The van der Waals surface area contributed by atoms with Gasteiger partial charge >= 0.3 is 6.18 Å². The van der Waals surface area contributed by atoms with E-state index in [0.717, 1.165) is 35.6 Å². The molecule has 10 heteroatoms. The number of alkyl halides is 4. The van der Waals surface area contributed by atoms with Gasteiger partial charge in [-0.3, -0.25) is 9.59 Å². The number of nitrogens with zero attached hydrogens (tertiary/aromatic N) is 3. The maximum atomic E-state index is 13.4. The molecule has 1 saturated heterocycles. The Morgan fingerprint density at radius 1 is 1.26 bits per heavy atom. The molecule has 2 aliphatic heterocycles. The van der Waals surface area contributed by atoms with Crippen LogP contribution in [0.25, 0.3) is 0 Å². The van der Waals surface area contributed by atoms with Crippen molar-refractivity contribution in [3.63, 3.8) is 0 Å². The van der Waals surface area contributed by atoms with Crippen molar-refractivity contribution in [2.45, 2.75) is 50.9 Å². The van der Waals surface area contributed by atoms with E-state index < -0.39 is 29.4 Å². The Bertz CT molecular complexity index is 1040. The highest BCUT2D eigenvalue weighted by Gasteiger charge is 2.44. The molecule has 0 saturated carbocycles. The second kappa shape index (κ2) is 8.11. The van der Waals surface area contributed by atoms with Crippen molar-refractivity contribution in [1.82, 2.24) is 14.9 Å². The van der Waals surface area contributed by atoms with Crippen molar-refractivity contribution < 1.29 is 22.8 Å². The molecule has 2 aromatic rings. The van der Waals surface area contributed by atoms with E-state index in [0.29, 0.717) is 19.3 Å². The Balaban J connectivity index is 1.70. The second-order valence-electron chi connectivity index (χ2n) is 7.68. The van der Waals surface area contributed by atoms with Gasteiger partial charge in [-0.1, -0.05) is 6.92 Å². The molecule has 2 atom stereocenters. The van der Waals surface area contributed by atoms with Gasteiger partial charge in [0, 0.05) is 41.9 Å². The highest BCUT2D eigenvalue weighted by Crippen LogP contribution is 2.44. The highest BCUT2D eigenvalue weighted by atomic mass is 35.5. The zero-order valence-electron chi connectivity index (χ0n) is 16.7. The van der Waals surface area contributed by atoms with Crippen LogP contribution in [-0.4, -0.2) is 38.6 Å². The first-order valence-corrected chi connectivity index (χ1v) is 10.5. The van der Waals surface area contributed by atoms with Crippen molar-refractivity contribution in [3.05, 3.63) is 52.6 Å². The number of amides is 2. The summed E-state index contributed by atoms with van der Waals surface area (Å²) < 4.78 is 40.3. The molecule has 1 N–H and O–H groups in total. The molecular formula is C21H20ClF3N4O2. The van der Waals surface area contributed by atoms with Crippen molar-refractivity contribution >= 4 is 29.1 Å². The van der Waals surface area contributed by atoms with Crippen molar-refractivity contribution in [1.29, 1.82) is 0 Å². The lowest BCUT2D eigenvalue weighted by Crippen LogP contribution is -2.42. The number of hydrogen-bond donors (Lipinski definition) is 1. The normalized spacial score (nSPS) is 19.8. The fraction of sp³-hybridized carbons (Fsp3) is 0.429. The average molecular weight is 453 g/mol. The monoisotopic (exact) mass is 452 g/mol. The Hall–Kier alpha value is -2.68. The maximum absolute atomic E-state index is 13.4. The van der Waals surface area contributed by atoms with Gasteiger partial charge in [0.2, 0.25) is 5.91 Å². The first-order valence-electron chi connectivity index (χ1n) is 9.96. The zero-order chi connectivity index (χ0) is 22.3. The molecule has 0 aliphatic carbocycles. The summed E-state index contributed by atoms with van der Waals surface area (Å²) in [4.78, 5) is 35.5. The van der Waals surface area contributed by atoms with Crippen LogP contribution in [0.15, 0.2) is 24.4 Å². The summed E-state index contributed by atoms with van der Waals surface area (Å²) in [6.45, 7) is 1.96. The number of benzene rings is 1. The fourth-order valence-corrected chi connectivity index (χ4v) is 4.40. The summed E-state index contributed by atoms with van der Waals surface area (Å²) >= 11 is 5.45. The van der Waals surface area contributed by atoms with Crippen LogP contribution in [0.2, 0.25) is 0 Å². The molecule has 2 unspecified atom stereocenters. The molecule has 0 radical (unpaired) electrons. The molecule has 0 spiro atoms. The Kier molecular flexibility index (Phi) is 5.63. The molecule has 31 heavy (non-hydrogen) atoms. The number of fused-ring (bicyclic) bond motifs is 4. The van der Waals surface area contributed by atoms with Gasteiger partial charge in [0.1, 0.15) is 11.7 Å². The van der Waals surface area contributed by atoms with E-state index in [1.807, 2.05) is 6.92 Å². The molecular weight excluding hydrogens is 433 g/mol. The van der Waals surface area contributed by atoms with Gasteiger partial charge in [-0.25, -0.2) is 9.97 Å². The van der Waals surface area contributed by atoms with E-state index in [1.165, 1.54) is 6.07 Å². The van der Waals surface area contributed by atoms with Crippen LogP contribution in [0.1, 0.15) is 58.8 Å². The largest absolute Gasteiger partial charge is 0.416 e. The summed E-state index contributed by atoms with van der Waals surface area (Å²) in [7, 11) is 0. The van der Waals surface area contributed by atoms with E-state index >= 15 is 0 Å². The lowest BCUT2D eigenvalue weighted by atomic mass is 9.97. The molecule has 4 rings (SSSR count). The predicted molar refractivity (Wildman–Crippen MR) is 108 cm³/mol. The van der Waals surface area contributed by atoms with Crippen molar-refractivity contribution in [2.24, 2.45) is 0 Å². The van der Waals surface area contributed by atoms with Crippen LogP contribution in [0.5, 0.6) is 0 Å². The van der Waals surface area contributed by atoms with Crippen LogP contribution in [0, 0.1) is 0 Å². The fourth-order valence-electron chi connectivity index (χ4n) is 4.33. The van der Waals surface area contributed by atoms with E-state index in [1.54, 1.807) is 11.1 Å². The average Bonchev–Trinajstić information content (AvgIpc) is 3.06. The number of nitrogens with one attached hydrogen (secondary N) is 1. The van der Waals surface area contributed by atoms with Crippen molar-refractivity contribution in [3.8, 4) is 0 Å². The van der Waals surface area contributed by atoms with Crippen LogP contribution in [0.4, 0.5) is 18.9 Å². The van der Waals surface area contributed by atoms with Crippen LogP contribution < -0.4 is 5.32 Å². The first-order chi connectivity index (χ1) is 14.7. The molecule has 1 aromatic heterocycles. The molecule has 2 amide bonds. The third kappa shape index (κ3) is 4.11. The molecule has 3 heterocycles. The minimum absolute atomic E-state index is 0.121. The molecule has 1 fully saturated rings. The van der Waals surface area contributed by atoms with E-state index in [2.05, 4.69) is 15.3 Å². The number of aromatic nitrogens is 2. The number of hydrogen-bond acceptors (Lipinski definition) is 4. The molecule has 2 bridgehead atoms. The number of carbonyl (C=O) groups excluding carboxylic acids is 2.